The highest BCUT2D eigenvalue weighted by Crippen LogP contribution is 2.39. The van der Waals surface area contributed by atoms with Gasteiger partial charge in [0.25, 0.3) is 5.91 Å². The van der Waals surface area contributed by atoms with Gasteiger partial charge in [0.15, 0.2) is 5.65 Å². The van der Waals surface area contributed by atoms with Gasteiger partial charge in [-0.3, -0.25) is 9.89 Å². The second kappa shape index (κ2) is 6.16. The molecule has 132 valence electrons. The monoisotopic (exact) mass is 351 g/mol. The van der Waals surface area contributed by atoms with Crippen LogP contribution < -0.4 is 10.5 Å². The smallest absolute Gasteiger partial charge is 0.267 e. The van der Waals surface area contributed by atoms with Crippen molar-refractivity contribution >= 4 is 27.8 Å². The number of aromatic nitrogens is 4. The molecule has 0 saturated heterocycles. The number of hydrogen-bond donors (Lipinski definition) is 3. The molecule has 1 aromatic carbocycles. The minimum Gasteiger partial charge on any atom is -0.490 e. The normalized spacial score (nSPS) is 11.3. The number of carbonyl (C=O) groups is 1. The molecule has 0 aliphatic rings. The second-order valence-corrected chi connectivity index (χ2v) is 5.93. The van der Waals surface area contributed by atoms with Gasteiger partial charge in [0.2, 0.25) is 0 Å². The molecule has 3 aromatic heterocycles. The number of nitrogens with zero attached hydrogens (tertiary/aromatic N) is 3. The van der Waals surface area contributed by atoms with Crippen molar-refractivity contribution in [1.82, 2.24) is 19.7 Å². The van der Waals surface area contributed by atoms with Gasteiger partial charge in [0.1, 0.15) is 18.1 Å². The van der Waals surface area contributed by atoms with Crippen molar-refractivity contribution in [2.24, 2.45) is 12.8 Å². The molecule has 4 aromatic rings. The van der Waals surface area contributed by atoms with Crippen molar-refractivity contribution in [1.29, 1.82) is 0 Å². The summed E-state index contributed by atoms with van der Waals surface area (Å²) in [6.07, 6.45) is 3.63. The van der Waals surface area contributed by atoms with E-state index in [9.17, 15) is 4.79 Å². The molecule has 0 aliphatic heterocycles. The van der Waals surface area contributed by atoms with Crippen molar-refractivity contribution in [3.05, 3.63) is 42.4 Å². The van der Waals surface area contributed by atoms with Gasteiger partial charge in [-0.05, 0) is 23.8 Å². The van der Waals surface area contributed by atoms with Gasteiger partial charge < -0.3 is 20.1 Å². The number of aliphatic hydroxyl groups excluding tert-OH is 1. The van der Waals surface area contributed by atoms with Crippen LogP contribution in [0.2, 0.25) is 0 Å². The number of fused-ring (bicyclic) bond motifs is 2. The molecule has 8 heteroatoms. The summed E-state index contributed by atoms with van der Waals surface area (Å²) in [5.74, 6) is 0.0426. The maximum absolute atomic E-state index is 11.7. The number of ether oxygens (including phenoxy) is 1. The van der Waals surface area contributed by atoms with Crippen molar-refractivity contribution < 1.29 is 14.6 Å². The van der Waals surface area contributed by atoms with E-state index in [1.54, 1.807) is 12.3 Å². The molecule has 0 unspecified atom stereocenters. The second-order valence-electron chi connectivity index (χ2n) is 5.93. The van der Waals surface area contributed by atoms with Crippen LogP contribution >= 0.6 is 0 Å². The van der Waals surface area contributed by atoms with Gasteiger partial charge in [-0.25, -0.2) is 4.98 Å². The first kappa shape index (κ1) is 16.1. The molecule has 4 rings (SSSR count). The first-order valence-corrected chi connectivity index (χ1v) is 8.06. The summed E-state index contributed by atoms with van der Waals surface area (Å²) in [5, 5.41) is 17.6. The largest absolute Gasteiger partial charge is 0.490 e. The van der Waals surface area contributed by atoms with E-state index < -0.39 is 5.91 Å². The van der Waals surface area contributed by atoms with Gasteiger partial charge in [0, 0.05) is 29.6 Å². The first-order chi connectivity index (χ1) is 12.6. The predicted octanol–water partition coefficient (Wildman–Crippen LogP) is 1.59. The minimum atomic E-state index is -0.611. The number of aromatic amines is 1. The van der Waals surface area contributed by atoms with Crippen LogP contribution in [0, 0.1) is 0 Å². The van der Waals surface area contributed by atoms with Gasteiger partial charge in [-0.1, -0.05) is 6.07 Å². The molecule has 0 fully saturated rings. The highest BCUT2D eigenvalue weighted by Gasteiger charge is 2.19. The molecule has 0 saturated carbocycles. The van der Waals surface area contributed by atoms with E-state index in [4.69, 9.17) is 15.6 Å². The van der Waals surface area contributed by atoms with E-state index >= 15 is 0 Å². The molecule has 4 N–H and O–H groups in total. The van der Waals surface area contributed by atoms with Crippen LogP contribution in [-0.4, -0.2) is 44.0 Å². The van der Waals surface area contributed by atoms with Crippen molar-refractivity contribution in [3.8, 4) is 16.9 Å². The Kier molecular flexibility index (Phi) is 3.81. The Labute approximate surface area is 148 Å². The number of rotatable bonds is 5. The van der Waals surface area contributed by atoms with Gasteiger partial charge in [0.05, 0.1) is 18.3 Å². The van der Waals surface area contributed by atoms with Crippen LogP contribution in [0.3, 0.4) is 0 Å². The fourth-order valence-corrected chi connectivity index (χ4v) is 3.17. The van der Waals surface area contributed by atoms with Crippen LogP contribution in [0.25, 0.3) is 33.1 Å². The maximum atomic E-state index is 11.7. The molecule has 1 amide bonds. The van der Waals surface area contributed by atoms with Crippen LogP contribution in [0.15, 0.2) is 36.7 Å². The zero-order chi connectivity index (χ0) is 18.3. The summed E-state index contributed by atoms with van der Waals surface area (Å²) in [7, 11) is 1.93. The van der Waals surface area contributed by atoms with E-state index in [0.29, 0.717) is 11.4 Å². The lowest BCUT2D eigenvalue weighted by atomic mass is 10.0. The highest BCUT2D eigenvalue weighted by atomic mass is 16.5. The number of primary amides is 1. The van der Waals surface area contributed by atoms with Crippen LogP contribution in [0.4, 0.5) is 0 Å². The third-order valence-corrected chi connectivity index (χ3v) is 4.29. The molecule has 0 aliphatic carbocycles. The Morgan fingerprint density at radius 1 is 1.38 bits per heavy atom. The fraction of sp³-hybridized carbons (Fsp3) is 0.167. The Balaban J connectivity index is 2.04. The number of nitrogens with two attached hydrogens (primary N) is 1. The Morgan fingerprint density at radius 3 is 3.00 bits per heavy atom. The molecule has 3 heterocycles. The summed E-state index contributed by atoms with van der Waals surface area (Å²) >= 11 is 0. The molecule has 0 atom stereocenters. The number of carbonyl (C=O) groups excluding carboxylic acids is 1. The molecular weight excluding hydrogens is 334 g/mol. The zero-order valence-electron chi connectivity index (χ0n) is 14.1. The van der Waals surface area contributed by atoms with Gasteiger partial charge in [-0.15, -0.1) is 0 Å². The lowest BCUT2D eigenvalue weighted by Gasteiger charge is -2.09. The van der Waals surface area contributed by atoms with E-state index in [2.05, 4.69) is 15.2 Å². The van der Waals surface area contributed by atoms with Gasteiger partial charge >= 0.3 is 0 Å². The minimum absolute atomic E-state index is 0.0778. The number of aryl methyl sites for hydroxylation is 1. The van der Waals surface area contributed by atoms with Gasteiger partial charge in [-0.2, -0.15) is 5.10 Å². The molecule has 0 radical (unpaired) electrons. The third kappa shape index (κ3) is 2.47. The number of aliphatic hydroxyl groups is 1. The van der Waals surface area contributed by atoms with Crippen molar-refractivity contribution in [2.45, 2.75) is 0 Å². The summed E-state index contributed by atoms with van der Waals surface area (Å²) in [5.41, 5.74) is 8.69. The fourth-order valence-electron chi connectivity index (χ4n) is 3.17. The molecule has 0 bridgehead atoms. The quantitative estimate of drug-likeness (QED) is 0.504. The van der Waals surface area contributed by atoms with E-state index in [1.165, 1.54) is 0 Å². The lowest BCUT2D eigenvalue weighted by molar-refractivity contribution is 0.0996. The average Bonchev–Trinajstić information content (AvgIpc) is 3.24. The highest BCUT2D eigenvalue weighted by molar-refractivity contribution is 6.08. The number of nitrogens with one attached hydrogen (secondary N) is 1. The standard InChI is InChI=1S/C18H17N5O3/c1-23-9-12(16-14(23)3-2-4-15(16)26-6-5-24)10-7-13(17(19)25)21-18-11(10)8-20-22-18/h2-4,7-9,24H,5-6H2,1H3,(H2,19,25)(H,20,21,22). The van der Waals surface area contributed by atoms with Crippen LogP contribution in [-0.2, 0) is 7.05 Å². The van der Waals surface area contributed by atoms with E-state index in [0.717, 1.165) is 27.4 Å². The number of H-pyrrole nitrogens is 1. The topological polar surface area (TPSA) is 119 Å². The summed E-state index contributed by atoms with van der Waals surface area (Å²) < 4.78 is 7.70. The maximum Gasteiger partial charge on any atom is 0.267 e. The molecule has 26 heavy (non-hydrogen) atoms. The average molecular weight is 351 g/mol. The molecule has 0 spiro atoms. The Morgan fingerprint density at radius 2 is 2.23 bits per heavy atom. The number of amides is 1. The Bertz CT molecular complexity index is 1130. The van der Waals surface area contributed by atoms with Crippen molar-refractivity contribution in [2.75, 3.05) is 13.2 Å². The van der Waals surface area contributed by atoms with Crippen LogP contribution in [0.5, 0.6) is 5.75 Å². The SMILES string of the molecule is Cn1cc(-c2cc(C(N)=O)nc3[nH]ncc23)c2c(OCCO)cccc21. The van der Waals surface area contributed by atoms with Crippen LogP contribution in [0.1, 0.15) is 10.5 Å². The van der Waals surface area contributed by atoms with E-state index in [-0.39, 0.29) is 18.9 Å². The number of pyridine rings is 1. The summed E-state index contributed by atoms with van der Waals surface area (Å²) in [6, 6.07) is 7.39. The predicted molar refractivity (Wildman–Crippen MR) is 96.9 cm³/mol. The first-order valence-electron chi connectivity index (χ1n) is 8.06. The lowest BCUT2D eigenvalue weighted by Crippen LogP contribution is -2.13. The molecule has 8 nitrogen and oxygen atoms in total. The number of hydrogen-bond acceptors (Lipinski definition) is 5. The molecular formula is C18H17N5O3. The third-order valence-electron chi connectivity index (χ3n) is 4.29. The summed E-state index contributed by atoms with van der Waals surface area (Å²) in [4.78, 5) is 15.9. The van der Waals surface area contributed by atoms with E-state index in [1.807, 2.05) is 36.0 Å². The summed E-state index contributed by atoms with van der Waals surface area (Å²) in [6.45, 7) is 0.114. The van der Waals surface area contributed by atoms with Crippen molar-refractivity contribution in [3.63, 3.8) is 0 Å². The zero-order valence-corrected chi connectivity index (χ0v) is 14.1. The Hall–Kier alpha value is -3.39. The number of benzene rings is 1.